The predicted molar refractivity (Wildman–Crippen MR) is 103 cm³/mol. The molecule has 0 saturated heterocycles. The molecule has 0 radical (unpaired) electrons. The topological polar surface area (TPSA) is 110 Å². The van der Waals surface area contributed by atoms with E-state index in [1.165, 1.54) is 22.5 Å². The summed E-state index contributed by atoms with van der Waals surface area (Å²) in [7, 11) is -3.39. The molecule has 2 aromatic rings. The van der Waals surface area contributed by atoms with Crippen LogP contribution < -0.4 is 9.62 Å². The molecule has 3 rings (SSSR count). The number of hydrogen-bond acceptors (Lipinski definition) is 5. The summed E-state index contributed by atoms with van der Waals surface area (Å²) in [6, 6.07) is 10.3. The monoisotopic (exact) mass is 389 g/mol. The lowest BCUT2D eigenvalue weighted by atomic mass is 10.1. The number of rotatable bonds is 5. The number of benzene rings is 2. The number of nitro groups is 1. The first-order valence-corrected chi connectivity index (χ1v) is 10.0. The average Bonchev–Trinajstić information content (AvgIpc) is 2.97. The van der Waals surface area contributed by atoms with Gasteiger partial charge in [-0.1, -0.05) is 6.07 Å². The molecule has 0 saturated carbocycles. The highest BCUT2D eigenvalue weighted by molar-refractivity contribution is 7.92. The minimum Gasteiger partial charge on any atom is -0.322 e. The van der Waals surface area contributed by atoms with Gasteiger partial charge in [0.2, 0.25) is 10.0 Å². The first-order valence-electron chi connectivity index (χ1n) is 8.43. The molecule has 9 heteroatoms. The fraction of sp³-hybridized carbons (Fsp3) is 0.278. The SMILES string of the molecule is CCS(=O)(=O)N1c2ccc(C(=O)Nc3cccc([N+](=O)[O-])c3)cc2C[C@H]1C. The van der Waals surface area contributed by atoms with E-state index in [-0.39, 0.29) is 17.5 Å². The number of fused-ring (bicyclic) bond motifs is 1. The molecular weight excluding hydrogens is 370 g/mol. The fourth-order valence-corrected chi connectivity index (χ4v) is 4.59. The van der Waals surface area contributed by atoms with E-state index >= 15 is 0 Å². The number of non-ortho nitro benzene ring substituents is 1. The van der Waals surface area contributed by atoms with Gasteiger partial charge in [-0.05, 0) is 50.1 Å². The van der Waals surface area contributed by atoms with Crippen LogP contribution in [0.15, 0.2) is 42.5 Å². The van der Waals surface area contributed by atoms with Crippen molar-refractivity contribution in [2.24, 2.45) is 0 Å². The summed E-state index contributed by atoms with van der Waals surface area (Å²) in [5, 5.41) is 13.5. The molecule has 1 N–H and O–H groups in total. The number of anilines is 2. The first kappa shape index (κ1) is 18.8. The summed E-state index contributed by atoms with van der Waals surface area (Å²) < 4.78 is 26.0. The summed E-state index contributed by atoms with van der Waals surface area (Å²) in [6.07, 6.45) is 0.520. The molecule has 0 aliphatic carbocycles. The molecule has 27 heavy (non-hydrogen) atoms. The zero-order chi connectivity index (χ0) is 19.8. The maximum Gasteiger partial charge on any atom is 0.271 e. The van der Waals surface area contributed by atoms with Crippen molar-refractivity contribution in [1.29, 1.82) is 0 Å². The fourth-order valence-electron chi connectivity index (χ4n) is 3.21. The van der Waals surface area contributed by atoms with Gasteiger partial charge in [0.15, 0.2) is 0 Å². The first-order chi connectivity index (χ1) is 12.7. The standard InChI is InChI=1S/C18H19N3O5S/c1-3-27(25,26)20-12(2)9-14-10-13(7-8-17(14)20)18(22)19-15-5-4-6-16(11-15)21(23)24/h4-8,10-12H,3,9H2,1-2H3,(H,19,22)/t12-/m1/s1. The normalized spacial score (nSPS) is 16.1. The average molecular weight is 389 g/mol. The molecule has 0 fully saturated rings. The Morgan fingerprint density at radius 1 is 1.30 bits per heavy atom. The summed E-state index contributed by atoms with van der Waals surface area (Å²) in [5.74, 6) is -0.408. The molecule has 0 spiro atoms. The predicted octanol–water partition coefficient (Wildman–Crippen LogP) is 2.95. The zero-order valence-corrected chi connectivity index (χ0v) is 15.7. The van der Waals surface area contributed by atoms with Gasteiger partial charge in [-0.3, -0.25) is 19.2 Å². The third kappa shape index (κ3) is 3.63. The number of sulfonamides is 1. The van der Waals surface area contributed by atoms with Crippen molar-refractivity contribution >= 4 is 33.0 Å². The molecule has 2 aromatic carbocycles. The summed E-state index contributed by atoms with van der Waals surface area (Å²) in [5.41, 5.74) is 1.94. The van der Waals surface area contributed by atoms with Crippen LogP contribution in [0.5, 0.6) is 0 Å². The van der Waals surface area contributed by atoms with E-state index in [2.05, 4.69) is 5.32 Å². The van der Waals surface area contributed by atoms with Gasteiger partial charge in [-0.25, -0.2) is 8.42 Å². The van der Waals surface area contributed by atoms with E-state index in [1.54, 1.807) is 31.2 Å². The van der Waals surface area contributed by atoms with Crippen LogP contribution in [0.1, 0.15) is 29.8 Å². The van der Waals surface area contributed by atoms with E-state index in [1.807, 2.05) is 6.92 Å². The Kier molecular flexibility index (Phi) is 4.88. The lowest BCUT2D eigenvalue weighted by molar-refractivity contribution is -0.384. The van der Waals surface area contributed by atoms with Crippen LogP contribution in [0.25, 0.3) is 0 Å². The number of nitrogens with zero attached hydrogens (tertiary/aromatic N) is 2. The van der Waals surface area contributed by atoms with Crippen LogP contribution in [0.4, 0.5) is 17.1 Å². The molecule has 0 unspecified atom stereocenters. The molecule has 1 heterocycles. The molecule has 1 amide bonds. The maximum absolute atomic E-state index is 12.5. The quantitative estimate of drug-likeness (QED) is 0.624. The number of amides is 1. The van der Waals surface area contributed by atoms with E-state index in [9.17, 15) is 23.3 Å². The van der Waals surface area contributed by atoms with Crippen molar-refractivity contribution in [3.8, 4) is 0 Å². The largest absolute Gasteiger partial charge is 0.322 e. The lowest BCUT2D eigenvalue weighted by Gasteiger charge is -2.23. The third-order valence-corrected chi connectivity index (χ3v) is 6.36. The van der Waals surface area contributed by atoms with Gasteiger partial charge >= 0.3 is 0 Å². The second kappa shape index (κ2) is 6.99. The van der Waals surface area contributed by atoms with Crippen molar-refractivity contribution in [3.63, 3.8) is 0 Å². The molecular formula is C18H19N3O5S. The highest BCUT2D eigenvalue weighted by Gasteiger charge is 2.34. The van der Waals surface area contributed by atoms with Crippen LogP contribution in [-0.4, -0.2) is 31.0 Å². The molecule has 1 atom stereocenters. The highest BCUT2D eigenvalue weighted by atomic mass is 32.2. The van der Waals surface area contributed by atoms with Crippen molar-refractivity contribution in [2.45, 2.75) is 26.3 Å². The van der Waals surface area contributed by atoms with Gasteiger partial charge in [0.1, 0.15) is 0 Å². The Hall–Kier alpha value is -2.94. The maximum atomic E-state index is 12.5. The second-order valence-electron chi connectivity index (χ2n) is 6.35. The minimum absolute atomic E-state index is 0.00576. The number of nitro benzene ring substituents is 1. The number of nitrogens with one attached hydrogen (secondary N) is 1. The van der Waals surface area contributed by atoms with Gasteiger partial charge in [0.25, 0.3) is 11.6 Å². The second-order valence-corrected chi connectivity index (χ2v) is 8.49. The molecule has 1 aliphatic heterocycles. The van der Waals surface area contributed by atoms with Gasteiger partial charge in [0.05, 0.1) is 16.4 Å². The van der Waals surface area contributed by atoms with Crippen molar-refractivity contribution in [3.05, 3.63) is 63.7 Å². The Bertz CT molecular complexity index is 1020. The highest BCUT2D eigenvalue weighted by Crippen LogP contribution is 2.35. The van der Waals surface area contributed by atoms with Crippen LogP contribution in [-0.2, 0) is 16.4 Å². The van der Waals surface area contributed by atoms with E-state index in [4.69, 9.17) is 0 Å². The van der Waals surface area contributed by atoms with Crippen LogP contribution in [0.3, 0.4) is 0 Å². The smallest absolute Gasteiger partial charge is 0.271 e. The van der Waals surface area contributed by atoms with Crippen molar-refractivity contribution in [2.75, 3.05) is 15.4 Å². The van der Waals surface area contributed by atoms with Crippen LogP contribution in [0, 0.1) is 10.1 Å². The molecule has 0 aromatic heterocycles. The molecule has 1 aliphatic rings. The lowest BCUT2D eigenvalue weighted by Crippen LogP contribution is -2.36. The number of hydrogen-bond donors (Lipinski definition) is 1. The number of carbonyl (C=O) groups excluding carboxylic acids is 1. The number of carbonyl (C=O) groups is 1. The van der Waals surface area contributed by atoms with Gasteiger partial charge < -0.3 is 5.32 Å². The Morgan fingerprint density at radius 3 is 2.70 bits per heavy atom. The molecule has 142 valence electrons. The summed E-state index contributed by atoms with van der Waals surface area (Å²) >= 11 is 0. The Morgan fingerprint density at radius 2 is 2.04 bits per heavy atom. The molecule has 8 nitrogen and oxygen atoms in total. The summed E-state index contributed by atoms with van der Waals surface area (Å²) in [4.78, 5) is 22.8. The third-order valence-electron chi connectivity index (χ3n) is 4.47. The van der Waals surface area contributed by atoms with E-state index < -0.39 is 20.9 Å². The summed E-state index contributed by atoms with van der Waals surface area (Å²) in [6.45, 7) is 3.43. The van der Waals surface area contributed by atoms with Crippen molar-refractivity contribution in [1.82, 2.24) is 0 Å². The zero-order valence-electron chi connectivity index (χ0n) is 14.9. The van der Waals surface area contributed by atoms with E-state index in [0.717, 1.165) is 5.56 Å². The Labute approximate surface area is 157 Å². The van der Waals surface area contributed by atoms with Crippen LogP contribution in [0.2, 0.25) is 0 Å². The van der Waals surface area contributed by atoms with E-state index in [0.29, 0.717) is 23.4 Å². The van der Waals surface area contributed by atoms with Crippen molar-refractivity contribution < 1.29 is 18.1 Å². The van der Waals surface area contributed by atoms with Gasteiger partial charge in [0, 0.05) is 29.4 Å². The Balaban J connectivity index is 1.86. The van der Waals surface area contributed by atoms with Gasteiger partial charge in [-0.2, -0.15) is 0 Å². The van der Waals surface area contributed by atoms with Gasteiger partial charge in [-0.15, -0.1) is 0 Å². The van der Waals surface area contributed by atoms with Crippen LogP contribution >= 0.6 is 0 Å². The minimum atomic E-state index is -3.39. The molecule has 0 bridgehead atoms.